The summed E-state index contributed by atoms with van der Waals surface area (Å²) in [6, 6.07) is 21.0. The number of pyridine rings is 1. The fourth-order valence-corrected chi connectivity index (χ4v) is 3.00. The van der Waals surface area contributed by atoms with Crippen LogP contribution in [0.5, 0.6) is 0 Å². The van der Waals surface area contributed by atoms with Crippen LogP contribution in [-0.4, -0.2) is 16.8 Å². The maximum Gasteiger partial charge on any atom is 0.274 e. The van der Waals surface area contributed by atoms with E-state index < -0.39 is 11.8 Å². The van der Waals surface area contributed by atoms with Crippen molar-refractivity contribution in [3.05, 3.63) is 89.2 Å². The molecule has 1 heterocycles. The van der Waals surface area contributed by atoms with Crippen LogP contribution in [0.1, 0.15) is 52.9 Å². The molecule has 0 atom stereocenters. The van der Waals surface area contributed by atoms with Crippen LogP contribution in [0.15, 0.2) is 66.7 Å². The number of nitrogens with one attached hydrogen (secondary N) is 2. The van der Waals surface area contributed by atoms with Gasteiger partial charge in [-0.25, -0.2) is 4.98 Å². The molecule has 30 heavy (non-hydrogen) atoms. The Morgan fingerprint density at radius 1 is 0.800 bits per heavy atom. The first-order valence-electron chi connectivity index (χ1n) is 9.48. The fourth-order valence-electron chi connectivity index (χ4n) is 3.00. The number of benzene rings is 2. The molecule has 0 aliphatic carbocycles. The summed E-state index contributed by atoms with van der Waals surface area (Å²) in [7, 11) is 0. The number of para-hydroxylation sites is 2. The topological polar surface area (TPSA) is 94.9 Å². The molecule has 0 bridgehead atoms. The van der Waals surface area contributed by atoms with Crippen LogP contribution in [-0.2, 0) is 5.41 Å². The molecule has 1 aromatic heterocycles. The summed E-state index contributed by atoms with van der Waals surface area (Å²) in [5.41, 5.74) is 2.50. The smallest absolute Gasteiger partial charge is 0.274 e. The predicted octanol–water partition coefficient (Wildman–Crippen LogP) is 4.76. The normalized spacial score (nSPS) is 10.7. The van der Waals surface area contributed by atoms with Crippen LogP contribution in [0.2, 0.25) is 0 Å². The average Bonchev–Trinajstić information content (AvgIpc) is 2.74. The molecule has 0 aliphatic heterocycles. The van der Waals surface area contributed by atoms with Crippen LogP contribution in [0.3, 0.4) is 0 Å². The number of carbonyl (C=O) groups is 2. The van der Waals surface area contributed by atoms with Crippen molar-refractivity contribution in [2.45, 2.75) is 26.2 Å². The lowest BCUT2D eigenvalue weighted by Gasteiger charge is -2.22. The zero-order valence-corrected chi connectivity index (χ0v) is 17.1. The lowest BCUT2D eigenvalue weighted by Crippen LogP contribution is -2.21. The largest absolute Gasteiger partial charge is 0.320 e. The number of rotatable bonds is 4. The third kappa shape index (κ3) is 4.70. The molecule has 3 aromatic rings. The van der Waals surface area contributed by atoms with E-state index in [1.54, 1.807) is 36.4 Å². The molecule has 0 unspecified atom stereocenters. The maximum atomic E-state index is 12.8. The van der Waals surface area contributed by atoms with Crippen molar-refractivity contribution in [1.82, 2.24) is 4.98 Å². The molecule has 2 amide bonds. The number of anilines is 2. The zero-order chi connectivity index (χ0) is 21.7. The van der Waals surface area contributed by atoms with Crippen LogP contribution < -0.4 is 10.6 Å². The van der Waals surface area contributed by atoms with Gasteiger partial charge in [0.2, 0.25) is 0 Å². The van der Waals surface area contributed by atoms with E-state index in [-0.39, 0.29) is 16.8 Å². The standard InChI is InChI=1S/C24H22N4O2/c1-24(2,3)17-10-5-7-12-19(17)28-23(30)21-14-8-13-20(26-21)22(29)27-18-11-6-4-9-16(18)15-25/h4-14H,1-3H3,(H,27,29)(H,28,30). The van der Waals surface area contributed by atoms with Gasteiger partial charge in [-0.1, -0.05) is 57.2 Å². The molecule has 2 aromatic carbocycles. The van der Waals surface area contributed by atoms with Crippen molar-refractivity contribution >= 4 is 23.2 Å². The van der Waals surface area contributed by atoms with Gasteiger partial charge in [0.25, 0.3) is 11.8 Å². The van der Waals surface area contributed by atoms with Gasteiger partial charge in [-0.2, -0.15) is 5.26 Å². The number of nitriles is 1. The average molecular weight is 398 g/mol. The van der Waals surface area contributed by atoms with Crippen LogP contribution >= 0.6 is 0 Å². The first-order valence-corrected chi connectivity index (χ1v) is 9.48. The van der Waals surface area contributed by atoms with Gasteiger partial charge in [-0.05, 0) is 41.3 Å². The van der Waals surface area contributed by atoms with E-state index in [1.807, 2.05) is 30.3 Å². The molecule has 0 fully saturated rings. The van der Waals surface area contributed by atoms with E-state index in [9.17, 15) is 9.59 Å². The number of carbonyl (C=O) groups excluding carboxylic acids is 2. The van der Waals surface area contributed by atoms with Gasteiger partial charge in [-0.3, -0.25) is 9.59 Å². The van der Waals surface area contributed by atoms with Gasteiger partial charge in [0, 0.05) is 5.69 Å². The third-order valence-corrected chi connectivity index (χ3v) is 4.49. The van der Waals surface area contributed by atoms with Crippen molar-refractivity contribution in [1.29, 1.82) is 5.26 Å². The second-order valence-electron chi connectivity index (χ2n) is 7.77. The molecular weight excluding hydrogens is 376 g/mol. The Kier molecular flexibility index (Phi) is 5.93. The molecule has 0 radical (unpaired) electrons. The molecule has 0 aliphatic rings. The second kappa shape index (κ2) is 8.58. The minimum atomic E-state index is -0.498. The highest BCUT2D eigenvalue weighted by Gasteiger charge is 2.20. The zero-order valence-electron chi connectivity index (χ0n) is 17.1. The highest BCUT2D eigenvalue weighted by atomic mass is 16.2. The Morgan fingerprint density at radius 3 is 1.93 bits per heavy atom. The van der Waals surface area contributed by atoms with Crippen molar-refractivity contribution in [3.63, 3.8) is 0 Å². The Balaban J connectivity index is 1.81. The lowest BCUT2D eigenvalue weighted by molar-refractivity contribution is 0.101. The van der Waals surface area contributed by atoms with Gasteiger partial charge in [0.05, 0.1) is 11.3 Å². The van der Waals surface area contributed by atoms with Crippen LogP contribution in [0.4, 0.5) is 11.4 Å². The predicted molar refractivity (Wildman–Crippen MR) is 116 cm³/mol. The molecule has 0 spiro atoms. The van der Waals surface area contributed by atoms with Gasteiger partial charge in [0.15, 0.2) is 0 Å². The van der Waals surface area contributed by atoms with Crippen LogP contribution in [0, 0.1) is 11.3 Å². The summed E-state index contributed by atoms with van der Waals surface area (Å²) in [4.78, 5) is 29.6. The minimum absolute atomic E-state index is 0.0829. The van der Waals surface area contributed by atoms with Crippen LogP contribution in [0.25, 0.3) is 0 Å². The number of hydrogen-bond donors (Lipinski definition) is 2. The van der Waals surface area contributed by atoms with E-state index in [2.05, 4.69) is 36.4 Å². The summed E-state index contributed by atoms with van der Waals surface area (Å²) in [6.45, 7) is 6.21. The van der Waals surface area contributed by atoms with Crippen molar-refractivity contribution in [2.75, 3.05) is 10.6 Å². The summed E-state index contributed by atoms with van der Waals surface area (Å²) in [5, 5.41) is 14.7. The lowest BCUT2D eigenvalue weighted by atomic mass is 9.86. The molecule has 6 nitrogen and oxygen atoms in total. The molecular formula is C24H22N4O2. The SMILES string of the molecule is CC(C)(C)c1ccccc1NC(=O)c1cccc(C(=O)Nc2ccccc2C#N)n1. The summed E-state index contributed by atoms with van der Waals surface area (Å²) >= 11 is 0. The molecule has 6 heteroatoms. The van der Waals surface area contributed by atoms with Gasteiger partial charge in [-0.15, -0.1) is 0 Å². The summed E-state index contributed by atoms with van der Waals surface area (Å²) < 4.78 is 0. The van der Waals surface area contributed by atoms with E-state index in [0.29, 0.717) is 16.9 Å². The van der Waals surface area contributed by atoms with E-state index >= 15 is 0 Å². The third-order valence-electron chi connectivity index (χ3n) is 4.49. The van der Waals surface area contributed by atoms with Gasteiger partial charge in [0.1, 0.15) is 17.5 Å². The monoisotopic (exact) mass is 398 g/mol. The van der Waals surface area contributed by atoms with Crippen molar-refractivity contribution in [2.24, 2.45) is 0 Å². The van der Waals surface area contributed by atoms with E-state index in [0.717, 1.165) is 5.56 Å². The van der Waals surface area contributed by atoms with Gasteiger partial charge >= 0.3 is 0 Å². The number of hydrogen-bond acceptors (Lipinski definition) is 4. The van der Waals surface area contributed by atoms with Crippen molar-refractivity contribution < 1.29 is 9.59 Å². The minimum Gasteiger partial charge on any atom is -0.320 e. The second-order valence-corrected chi connectivity index (χ2v) is 7.77. The molecule has 3 rings (SSSR count). The highest BCUT2D eigenvalue weighted by molar-refractivity contribution is 6.06. The first-order chi connectivity index (χ1) is 14.3. The van der Waals surface area contributed by atoms with E-state index in [1.165, 1.54) is 6.07 Å². The molecule has 2 N–H and O–H groups in total. The molecule has 0 saturated carbocycles. The highest BCUT2D eigenvalue weighted by Crippen LogP contribution is 2.29. The van der Waals surface area contributed by atoms with Gasteiger partial charge < -0.3 is 10.6 Å². The Morgan fingerprint density at radius 2 is 1.33 bits per heavy atom. The Labute approximate surface area is 175 Å². The number of amides is 2. The summed E-state index contributed by atoms with van der Waals surface area (Å²) in [6.07, 6.45) is 0. The quantitative estimate of drug-likeness (QED) is 0.663. The number of nitrogens with zero attached hydrogens (tertiary/aromatic N) is 2. The Bertz CT molecular complexity index is 1140. The Hall–Kier alpha value is -3.98. The first kappa shape index (κ1) is 20.7. The maximum absolute atomic E-state index is 12.8. The fraction of sp³-hybridized carbons (Fsp3) is 0.167. The molecule has 150 valence electrons. The number of aromatic nitrogens is 1. The molecule has 0 saturated heterocycles. The summed E-state index contributed by atoms with van der Waals surface area (Å²) in [5.74, 6) is -0.902. The van der Waals surface area contributed by atoms with Crippen molar-refractivity contribution in [3.8, 4) is 6.07 Å². The van der Waals surface area contributed by atoms with E-state index in [4.69, 9.17) is 5.26 Å².